The summed E-state index contributed by atoms with van der Waals surface area (Å²) in [6.07, 6.45) is 0. The molecule has 26 heavy (non-hydrogen) atoms. The summed E-state index contributed by atoms with van der Waals surface area (Å²) in [4.78, 5) is 12.6. The molecule has 0 N–H and O–H groups in total. The van der Waals surface area contributed by atoms with E-state index in [-0.39, 0.29) is 11.2 Å². The van der Waals surface area contributed by atoms with Gasteiger partial charge in [-0.15, -0.1) is 0 Å². The van der Waals surface area contributed by atoms with Gasteiger partial charge in [0.2, 0.25) is 5.88 Å². The smallest absolute Gasteiger partial charge is 0.345 e. The van der Waals surface area contributed by atoms with Crippen molar-refractivity contribution in [2.45, 2.75) is 33.1 Å². The first kappa shape index (κ1) is 17.9. The maximum Gasteiger partial charge on any atom is 0.345 e. The van der Waals surface area contributed by atoms with Gasteiger partial charge in [-0.1, -0.05) is 39.0 Å². The lowest BCUT2D eigenvalue weighted by Crippen LogP contribution is -2.13. The predicted octanol–water partition coefficient (Wildman–Crippen LogP) is 4.84. The first-order valence-corrected chi connectivity index (χ1v) is 8.40. The zero-order valence-corrected chi connectivity index (χ0v) is 15.3. The van der Waals surface area contributed by atoms with Crippen molar-refractivity contribution in [3.63, 3.8) is 0 Å². The van der Waals surface area contributed by atoms with E-state index in [9.17, 15) is 9.18 Å². The van der Waals surface area contributed by atoms with Crippen molar-refractivity contribution in [2.75, 3.05) is 0 Å². The van der Waals surface area contributed by atoms with Crippen LogP contribution in [0, 0.1) is 12.7 Å². The number of hydrogen-bond donors (Lipinski definition) is 0. The Morgan fingerprint density at radius 3 is 2.35 bits per heavy atom. The predicted molar refractivity (Wildman–Crippen MR) is 98.4 cm³/mol. The fourth-order valence-electron chi connectivity index (χ4n) is 2.52. The first-order chi connectivity index (χ1) is 12.3. The van der Waals surface area contributed by atoms with E-state index < -0.39 is 5.97 Å². The summed E-state index contributed by atoms with van der Waals surface area (Å²) in [6, 6.07) is 14.9. The molecule has 0 spiro atoms. The van der Waals surface area contributed by atoms with Gasteiger partial charge in [-0.3, -0.25) is 0 Å². The van der Waals surface area contributed by atoms with Crippen LogP contribution in [0.4, 0.5) is 4.39 Å². The highest BCUT2D eigenvalue weighted by molar-refractivity contribution is 5.92. The van der Waals surface area contributed by atoms with Crippen LogP contribution in [0.5, 0.6) is 5.88 Å². The SMILES string of the molecule is Cc1ccccc1C(=O)Oc1cc(C(C)(C)C)nn1-c1ccc(F)cc1. The van der Waals surface area contributed by atoms with Gasteiger partial charge in [0, 0.05) is 11.5 Å². The van der Waals surface area contributed by atoms with Gasteiger partial charge in [0.05, 0.1) is 16.9 Å². The number of aryl methyl sites for hydroxylation is 1. The van der Waals surface area contributed by atoms with Crippen LogP contribution in [0.3, 0.4) is 0 Å². The molecule has 0 radical (unpaired) electrons. The molecule has 0 atom stereocenters. The van der Waals surface area contributed by atoms with Gasteiger partial charge >= 0.3 is 5.97 Å². The molecule has 4 nitrogen and oxygen atoms in total. The van der Waals surface area contributed by atoms with Crippen molar-refractivity contribution < 1.29 is 13.9 Å². The molecule has 0 saturated carbocycles. The monoisotopic (exact) mass is 352 g/mol. The van der Waals surface area contributed by atoms with Crippen molar-refractivity contribution in [1.82, 2.24) is 9.78 Å². The highest BCUT2D eigenvalue weighted by Gasteiger charge is 2.23. The summed E-state index contributed by atoms with van der Waals surface area (Å²) in [7, 11) is 0. The fourth-order valence-corrected chi connectivity index (χ4v) is 2.52. The van der Waals surface area contributed by atoms with Crippen LogP contribution in [-0.4, -0.2) is 15.7 Å². The molecule has 0 amide bonds. The van der Waals surface area contributed by atoms with Gasteiger partial charge in [-0.25, -0.2) is 13.9 Å². The zero-order chi connectivity index (χ0) is 18.9. The van der Waals surface area contributed by atoms with Crippen molar-refractivity contribution in [3.8, 4) is 11.6 Å². The third kappa shape index (κ3) is 3.67. The van der Waals surface area contributed by atoms with Crippen LogP contribution >= 0.6 is 0 Å². The minimum absolute atomic E-state index is 0.227. The van der Waals surface area contributed by atoms with Crippen LogP contribution in [-0.2, 0) is 5.41 Å². The Morgan fingerprint density at radius 2 is 1.73 bits per heavy atom. The molecule has 134 valence electrons. The summed E-state index contributed by atoms with van der Waals surface area (Å²) in [5.74, 6) is -0.489. The number of aromatic nitrogens is 2. The van der Waals surface area contributed by atoms with Gasteiger partial charge < -0.3 is 4.74 Å². The van der Waals surface area contributed by atoms with E-state index in [2.05, 4.69) is 5.10 Å². The maximum absolute atomic E-state index is 13.3. The fraction of sp³-hybridized carbons (Fsp3) is 0.238. The Morgan fingerprint density at radius 1 is 1.08 bits per heavy atom. The van der Waals surface area contributed by atoms with Crippen molar-refractivity contribution in [2.24, 2.45) is 0 Å². The number of esters is 1. The minimum Gasteiger partial charge on any atom is -0.404 e. The number of hydrogen-bond acceptors (Lipinski definition) is 3. The van der Waals surface area contributed by atoms with Crippen LogP contribution in [0.15, 0.2) is 54.6 Å². The van der Waals surface area contributed by atoms with Crippen LogP contribution in [0.25, 0.3) is 5.69 Å². The number of benzene rings is 2. The Hall–Kier alpha value is -2.95. The second-order valence-corrected chi connectivity index (χ2v) is 7.21. The third-order valence-corrected chi connectivity index (χ3v) is 4.08. The topological polar surface area (TPSA) is 44.1 Å². The highest BCUT2D eigenvalue weighted by Crippen LogP contribution is 2.28. The Labute approximate surface area is 152 Å². The molecule has 0 aliphatic rings. The second kappa shape index (κ2) is 6.75. The summed E-state index contributed by atoms with van der Waals surface area (Å²) in [5, 5.41) is 4.57. The molecule has 0 aliphatic carbocycles. The molecule has 1 aromatic heterocycles. The molecule has 0 bridgehead atoms. The van der Waals surface area contributed by atoms with Gasteiger partial charge in [-0.05, 0) is 42.8 Å². The standard InChI is InChI=1S/C21H21FN2O2/c1-14-7-5-6-8-17(14)20(25)26-19-13-18(21(2,3)4)23-24(19)16-11-9-15(22)10-12-16/h5-13H,1-4H3. The minimum atomic E-state index is -0.452. The van der Waals surface area contributed by atoms with E-state index in [0.717, 1.165) is 11.3 Å². The summed E-state index contributed by atoms with van der Waals surface area (Å²) in [6.45, 7) is 7.93. The Balaban J connectivity index is 2.02. The molecule has 1 heterocycles. The van der Waals surface area contributed by atoms with Gasteiger partial charge in [0.1, 0.15) is 5.82 Å². The molecular formula is C21H21FN2O2. The van der Waals surface area contributed by atoms with E-state index >= 15 is 0 Å². The van der Waals surface area contributed by atoms with E-state index in [4.69, 9.17) is 4.74 Å². The number of rotatable bonds is 3. The number of ether oxygens (including phenoxy) is 1. The number of halogens is 1. The van der Waals surface area contributed by atoms with Crippen LogP contribution < -0.4 is 4.74 Å². The normalized spacial score (nSPS) is 11.4. The second-order valence-electron chi connectivity index (χ2n) is 7.21. The number of nitrogens with zero attached hydrogens (tertiary/aromatic N) is 2. The lowest BCUT2D eigenvalue weighted by molar-refractivity contribution is 0.0722. The highest BCUT2D eigenvalue weighted by atomic mass is 19.1. The first-order valence-electron chi connectivity index (χ1n) is 8.40. The molecule has 0 unspecified atom stereocenters. The van der Waals surface area contributed by atoms with Gasteiger partial charge in [-0.2, -0.15) is 5.10 Å². The average Bonchev–Trinajstić information content (AvgIpc) is 3.00. The maximum atomic E-state index is 13.3. The molecule has 5 heteroatoms. The summed E-state index contributed by atoms with van der Waals surface area (Å²) in [5.41, 5.74) is 2.50. The lowest BCUT2D eigenvalue weighted by Gasteiger charge is -2.13. The van der Waals surface area contributed by atoms with Gasteiger partial charge in [0.15, 0.2) is 0 Å². The molecule has 0 aliphatic heterocycles. The zero-order valence-electron chi connectivity index (χ0n) is 15.3. The van der Waals surface area contributed by atoms with E-state index in [0.29, 0.717) is 17.1 Å². The quantitative estimate of drug-likeness (QED) is 0.634. The van der Waals surface area contributed by atoms with Crippen LogP contribution in [0.1, 0.15) is 42.4 Å². The van der Waals surface area contributed by atoms with Gasteiger partial charge in [0.25, 0.3) is 0 Å². The molecule has 0 saturated heterocycles. The number of carbonyl (C=O) groups excluding carboxylic acids is 1. The molecule has 3 rings (SSSR count). The van der Waals surface area contributed by atoms with Crippen LogP contribution in [0.2, 0.25) is 0 Å². The van der Waals surface area contributed by atoms with Crippen molar-refractivity contribution >= 4 is 5.97 Å². The lowest BCUT2D eigenvalue weighted by atomic mass is 9.93. The van der Waals surface area contributed by atoms with Crippen molar-refractivity contribution in [1.29, 1.82) is 0 Å². The van der Waals surface area contributed by atoms with E-state index in [1.165, 1.54) is 16.8 Å². The van der Waals surface area contributed by atoms with Crippen molar-refractivity contribution in [3.05, 3.63) is 77.2 Å². The molecule has 0 fully saturated rings. The number of carbonyl (C=O) groups is 1. The average molecular weight is 352 g/mol. The third-order valence-electron chi connectivity index (χ3n) is 4.08. The van der Waals surface area contributed by atoms with E-state index in [1.54, 1.807) is 30.3 Å². The van der Waals surface area contributed by atoms with E-state index in [1.807, 2.05) is 39.8 Å². The Kier molecular flexibility index (Phi) is 4.64. The summed E-state index contributed by atoms with van der Waals surface area (Å²) >= 11 is 0. The largest absolute Gasteiger partial charge is 0.404 e. The molecule has 3 aromatic rings. The summed E-state index contributed by atoms with van der Waals surface area (Å²) < 4.78 is 20.4. The molecular weight excluding hydrogens is 331 g/mol. The molecule has 2 aromatic carbocycles. The Bertz CT molecular complexity index is 937.